The minimum absolute atomic E-state index is 0.463. The van der Waals surface area contributed by atoms with Gasteiger partial charge in [0, 0.05) is 30.2 Å². The van der Waals surface area contributed by atoms with Gasteiger partial charge in [-0.05, 0) is 44.0 Å². The van der Waals surface area contributed by atoms with Crippen LogP contribution in [0, 0.1) is 6.92 Å². The molecule has 24 heavy (non-hydrogen) atoms. The van der Waals surface area contributed by atoms with Gasteiger partial charge in [0.2, 0.25) is 0 Å². The molecule has 0 spiro atoms. The van der Waals surface area contributed by atoms with E-state index >= 15 is 0 Å². The number of aromatic nitrogens is 2. The fraction of sp³-hybridized carbons (Fsp3) is 0.300. The monoisotopic (exact) mass is 318 g/mol. The van der Waals surface area contributed by atoms with Gasteiger partial charge in [0.25, 0.3) is 0 Å². The van der Waals surface area contributed by atoms with Gasteiger partial charge < -0.3 is 10.2 Å². The maximum absolute atomic E-state index is 4.45. The molecule has 1 N–H and O–H groups in total. The molecule has 0 saturated carbocycles. The van der Waals surface area contributed by atoms with E-state index in [1.807, 2.05) is 18.2 Å². The molecule has 1 aliphatic heterocycles. The molecule has 0 radical (unpaired) electrons. The molecule has 0 bridgehead atoms. The van der Waals surface area contributed by atoms with Crippen molar-refractivity contribution in [2.75, 3.05) is 23.3 Å². The Bertz CT molecular complexity index is 815. The van der Waals surface area contributed by atoms with Gasteiger partial charge in [0.05, 0.1) is 5.52 Å². The first-order valence-electron chi connectivity index (χ1n) is 8.57. The van der Waals surface area contributed by atoms with Crippen LogP contribution in [0.2, 0.25) is 0 Å². The van der Waals surface area contributed by atoms with Gasteiger partial charge >= 0.3 is 0 Å². The predicted molar refractivity (Wildman–Crippen MR) is 99.6 cm³/mol. The number of aryl methyl sites for hydroxylation is 1. The van der Waals surface area contributed by atoms with Crippen LogP contribution in [0.15, 0.2) is 54.9 Å². The maximum Gasteiger partial charge on any atom is 0.137 e. The van der Waals surface area contributed by atoms with Crippen molar-refractivity contribution in [3.8, 4) is 0 Å². The highest BCUT2D eigenvalue weighted by atomic mass is 15.2. The summed E-state index contributed by atoms with van der Waals surface area (Å²) in [5.74, 6) is 0.953. The van der Waals surface area contributed by atoms with Gasteiger partial charge in [-0.3, -0.25) is 0 Å². The Morgan fingerprint density at radius 3 is 2.50 bits per heavy atom. The van der Waals surface area contributed by atoms with Crippen molar-refractivity contribution < 1.29 is 0 Å². The highest BCUT2D eigenvalue weighted by Crippen LogP contribution is 2.24. The lowest BCUT2D eigenvalue weighted by molar-refractivity contribution is 0.526. The summed E-state index contributed by atoms with van der Waals surface area (Å²) < 4.78 is 0. The zero-order valence-electron chi connectivity index (χ0n) is 13.9. The van der Waals surface area contributed by atoms with E-state index in [2.05, 4.69) is 57.4 Å². The minimum atomic E-state index is 0.463. The minimum Gasteiger partial charge on any atom is -0.371 e. The molecule has 4 rings (SSSR count). The van der Waals surface area contributed by atoms with Crippen molar-refractivity contribution in [2.45, 2.75) is 25.8 Å². The van der Waals surface area contributed by atoms with Crippen molar-refractivity contribution in [1.82, 2.24) is 9.97 Å². The lowest BCUT2D eigenvalue weighted by Crippen LogP contribution is -2.39. The molecule has 1 saturated heterocycles. The molecular formula is C20H22N4. The number of anilines is 2. The quantitative estimate of drug-likeness (QED) is 0.792. The third-order valence-electron chi connectivity index (χ3n) is 4.78. The van der Waals surface area contributed by atoms with E-state index in [4.69, 9.17) is 0 Å². The molecule has 1 aromatic heterocycles. The topological polar surface area (TPSA) is 41.0 Å². The summed E-state index contributed by atoms with van der Waals surface area (Å²) in [6, 6.07) is 17.4. The predicted octanol–water partition coefficient (Wildman–Crippen LogP) is 4.02. The van der Waals surface area contributed by atoms with Crippen LogP contribution in [-0.4, -0.2) is 29.1 Å². The van der Waals surface area contributed by atoms with E-state index in [-0.39, 0.29) is 0 Å². The first-order valence-corrected chi connectivity index (χ1v) is 8.57. The zero-order valence-corrected chi connectivity index (χ0v) is 13.9. The van der Waals surface area contributed by atoms with Crippen LogP contribution >= 0.6 is 0 Å². The molecule has 0 amide bonds. The number of nitrogens with zero attached hydrogens (tertiary/aromatic N) is 3. The van der Waals surface area contributed by atoms with E-state index < -0.39 is 0 Å². The summed E-state index contributed by atoms with van der Waals surface area (Å²) in [5.41, 5.74) is 3.63. The summed E-state index contributed by atoms with van der Waals surface area (Å²) in [6.07, 6.45) is 3.88. The number of rotatable bonds is 3. The molecule has 4 heteroatoms. The third-order valence-corrected chi connectivity index (χ3v) is 4.78. The zero-order chi connectivity index (χ0) is 16.4. The van der Waals surface area contributed by atoms with E-state index in [0.717, 1.165) is 42.7 Å². The number of piperidine rings is 1. The molecule has 0 unspecified atom stereocenters. The van der Waals surface area contributed by atoms with Crippen LogP contribution in [-0.2, 0) is 0 Å². The Hall–Kier alpha value is -2.62. The average molecular weight is 318 g/mol. The molecule has 0 aliphatic carbocycles. The SMILES string of the molecule is Cc1ccc(N2CCC(Nc3ncnc4ccccc34)CC2)cc1. The van der Waals surface area contributed by atoms with Gasteiger partial charge in [-0.25, -0.2) is 9.97 Å². The number of hydrogen-bond donors (Lipinski definition) is 1. The number of nitrogens with one attached hydrogen (secondary N) is 1. The Morgan fingerprint density at radius 1 is 0.958 bits per heavy atom. The Morgan fingerprint density at radius 2 is 1.71 bits per heavy atom. The Balaban J connectivity index is 1.43. The average Bonchev–Trinajstić information content (AvgIpc) is 2.63. The van der Waals surface area contributed by atoms with Crippen LogP contribution in [0.3, 0.4) is 0 Å². The summed E-state index contributed by atoms with van der Waals surface area (Å²) in [4.78, 5) is 11.3. The Labute approximate surface area is 142 Å². The molecule has 2 heterocycles. The standard InChI is InChI=1S/C20H22N4/c1-15-6-8-17(9-7-15)24-12-10-16(11-13-24)23-20-18-4-2-3-5-19(18)21-14-22-20/h2-9,14,16H,10-13H2,1H3,(H,21,22,23). The number of fused-ring (bicyclic) bond motifs is 1. The summed E-state index contributed by atoms with van der Waals surface area (Å²) in [7, 11) is 0. The van der Waals surface area contributed by atoms with Crippen molar-refractivity contribution in [3.63, 3.8) is 0 Å². The number of benzene rings is 2. The second kappa shape index (κ2) is 6.48. The first kappa shape index (κ1) is 14.9. The van der Waals surface area contributed by atoms with Gasteiger partial charge in [-0.2, -0.15) is 0 Å². The normalized spacial score (nSPS) is 15.6. The van der Waals surface area contributed by atoms with Crippen molar-refractivity contribution >= 4 is 22.4 Å². The lowest BCUT2D eigenvalue weighted by atomic mass is 10.0. The molecular weight excluding hydrogens is 296 g/mol. The largest absolute Gasteiger partial charge is 0.371 e. The highest BCUT2D eigenvalue weighted by molar-refractivity contribution is 5.88. The number of hydrogen-bond acceptors (Lipinski definition) is 4. The third kappa shape index (κ3) is 3.04. The fourth-order valence-corrected chi connectivity index (χ4v) is 3.35. The van der Waals surface area contributed by atoms with E-state index in [0.29, 0.717) is 6.04 Å². The molecule has 122 valence electrons. The molecule has 0 atom stereocenters. The number of para-hydroxylation sites is 1. The van der Waals surface area contributed by atoms with E-state index in [9.17, 15) is 0 Å². The summed E-state index contributed by atoms with van der Waals surface area (Å²) >= 11 is 0. The van der Waals surface area contributed by atoms with Crippen molar-refractivity contribution in [2.24, 2.45) is 0 Å². The van der Waals surface area contributed by atoms with Crippen LogP contribution < -0.4 is 10.2 Å². The Kier molecular flexibility index (Phi) is 4.03. The lowest BCUT2D eigenvalue weighted by Gasteiger charge is -2.34. The summed E-state index contributed by atoms with van der Waals surface area (Å²) in [6.45, 7) is 4.28. The summed E-state index contributed by atoms with van der Waals surface area (Å²) in [5, 5.41) is 4.73. The molecule has 4 nitrogen and oxygen atoms in total. The van der Waals surface area contributed by atoms with E-state index in [1.165, 1.54) is 11.3 Å². The van der Waals surface area contributed by atoms with Crippen LogP contribution in [0.5, 0.6) is 0 Å². The van der Waals surface area contributed by atoms with Crippen LogP contribution in [0.4, 0.5) is 11.5 Å². The molecule has 1 fully saturated rings. The first-order chi connectivity index (χ1) is 11.8. The van der Waals surface area contributed by atoms with Gasteiger partial charge in [-0.1, -0.05) is 29.8 Å². The van der Waals surface area contributed by atoms with Gasteiger partial charge in [-0.15, -0.1) is 0 Å². The van der Waals surface area contributed by atoms with Crippen molar-refractivity contribution in [1.29, 1.82) is 0 Å². The molecule has 3 aromatic rings. The van der Waals surface area contributed by atoms with Gasteiger partial charge in [0.1, 0.15) is 12.1 Å². The van der Waals surface area contributed by atoms with Crippen LogP contribution in [0.25, 0.3) is 10.9 Å². The van der Waals surface area contributed by atoms with Crippen molar-refractivity contribution in [3.05, 3.63) is 60.4 Å². The second-order valence-electron chi connectivity index (χ2n) is 6.48. The van der Waals surface area contributed by atoms with Crippen LogP contribution in [0.1, 0.15) is 18.4 Å². The molecule has 2 aromatic carbocycles. The van der Waals surface area contributed by atoms with Gasteiger partial charge in [0.15, 0.2) is 0 Å². The highest BCUT2D eigenvalue weighted by Gasteiger charge is 2.20. The maximum atomic E-state index is 4.45. The molecule has 1 aliphatic rings. The fourth-order valence-electron chi connectivity index (χ4n) is 3.35. The second-order valence-corrected chi connectivity index (χ2v) is 6.48. The smallest absolute Gasteiger partial charge is 0.137 e. The van der Waals surface area contributed by atoms with E-state index in [1.54, 1.807) is 6.33 Å².